The standard InChI is InChI=1S/C20H22FN5O3/c21-15-8-22-16(26-19(29)25-17(27)9-24-26)4-14(15)18(28)23-10-20-5-11-1-12(6-20)3-13(2-11)7-20/h4,8-9,11-13H,1-3,5-7,10H2,(H,23,28)(H,25,27,29). The Morgan fingerprint density at radius 3 is 2.45 bits per heavy atom. The van der Waals surface area contributed by atoms with E-state index in [9.17, 15) is 18.8 Å². The SMILES string of the molecule is O=C(NCC12CC3CC(CC(C3)C1)C2)c1cc(-n2ncc(=O)[nH]c2=O)ncc1F. The van der Waals surface area contributed by atoms with Crippen LogP contribution in [0.4, 0.5) is 4.39 Å². The highest BCUT2D eigenvalue weighted by atomic mass is 19.1. The zero-order chi connectivity index (χ0) is 20.2. The third kappa shape index (κ3) is 3.28. The Balaban J connectivity index is 1.36. The highest BCUT2D eigenvalue weighted by Crippen LogP contribution is 2.59. The molecule has 4 aliphatic carbocycles. The Morgan fingerprint density at radius 2 is 1.83 bits per heavy atom. The van der Waals surface area contributed by atoms with Gasteiger partial charge in [-0.1, -0.05) is 0 Å². The lowest BCUT2D eigenvalue weighted by Gasteiger charge is -2.56. The van der Waals surface area contributed by atoms with E-state index in [2.05, 4.69) is 20.4 Å². The van der Waals surface area contributed by atoms with Gasteiger partial charge < -0.3 is 5.32 Å². The van der Waals surface area contributed by atoms with E-state index in [1.165, 1.54) is 25.3 Å². The number of hydrogen-bond donors (Lipinski definition) is 2. The van der Waals surface area contributed by atoms with Gasteiger partial charge >= 0.3 is 5.69 Å². The second-order valence-corrected chi connectivity index (χ2v) is 8.97. The van der Waals surface area contributed by atoms with Gasteiger partial charge in [0, 0.05) is 6.54 Å². The third-order valence-electron chi connectivity index (χ3n) is 6.80. The van der Waals surface area contributed by atoms with Crippen molar-refractivity contribution in [2.24, 2.45) is 23.2 Å². The topological polar surface area (TPSA) is 110 Å². The van der Waals surface area contributed by atoms with E-state index in [0.29, 0.717) is 6.54 Å². The number of aromatic nitrogens is 4. The molecular formula is C20H22FN5O3. The number of halogens is 1. The number of aromatic amines is 1. The van der Waals surface area contributed by atoms with Gasteiger partial charge in [0.2, 0.25) is 0 Å². The molecule has 2 heterocycles. The van der Waals surface area contributed by atoms with Gasteiger partial charge in [-0.05, 0) is 67.8 Å². The first kappa shape index (κ1) is 18.2. The van der Waals surface area contributed by atoms with Crippen LogP contribution in [0.15, 0.2) is 28.0 Å². The smallest absolute Gasteiger partial charge is 0.351 e. The van der Waals surface area contributed by atoms with Crippen molar-refractivity contribution in [2.45, 2.75) is 38.5 Å². The third-order valence-corrected chi connectivity index (χ3v) is 6.80. The molecule has 4 saturated carbocycles. The number of carbonyl (C=O) groups excluding carboxylic acids is 1. The van der Waals surface area contributed by atoms with Crippen LogP contribution < -0.4 is 16.6 Å². The van der Waals surface area contributed by atoms with Crippen molar-refractivity contribution >= 4 is 5.91 Å². The van der Waals surface area contributed by atoms with Gasteiger partial charge in [-0.2, -0.15) is 9.78 Å². The summed E-state index contributed by atoms with van der Waals surface area (Å²) in [5.74, 6) is 0.961. The second-order valence-electron chi connectivity index (χ2n) is 8.97. The van der Waals surface area contributed by atoms with Gasteiger partial charge in [-0.3, -0.25) is 14.6 Å². The molecule has 29 heavy (non-hydrogen) atoms. The van der Waals surface area contributed by atoms with Crippen LogP contribution in [0.25, 0.3) is 5.82 Å². The molecule has 2 N–H and O–H groups in total. The maximum atomic E-state index is 14.3. The van der Waals surface area contributed by atoms with Crippen molar-refractivity contribution in [1.29, 1.82) is 0 Å². The van der Waals surface area contributed by atoms with Crippen molar-refractivity contribution in [2.75, 3.05) is 6.54 Å². The number of nitrogens with zero attached hydrogens (tertiary/aromatic N) is 3. The summed E-state index contributed by atoms with van der Waals surface area (Å²) in [4.78, 5) is 41.7. The van der Waals surface area contributed by atoms with Crippen LogP contribution in [0.1, 0.15) is 48.9 Å². The van der Waals surface area contributed by atoms with E-state index in [1.54, 1.807) is 0 Å². The van der Waals surface area contributed by atoms with E-state index in [4.69, 9.17) is 0 Å². The van der Waals surface area contributed by atoms with Crippen molar-refractivity contribution in [1.82, 2.24) is 25.1 Å². The molecule has 0 spiro atoms. The molecule has 0 atom stereocenters. The number of hydrogen-bond acceptors (Lipinski definition) is 5. The van der Waals surface area contributed by atoms with Crippen LogP contribution in [0.5, 0.6) is 0 Å². The molecule has 8 nitrogen and oxygen atoms in total. The number of rotatable bonds is 4. The molecule has 9 heteroatoms. The summed E-state index contributed by atoms with van der Waals surface area (Å²) in [5.41, 5.74) is -1.52. The molecule has 0 aromatic carbocycles. The van der Waals surface area contributed by atoms with Gasteiger partial charge in [0.25, 0.3) is 11.5 Å². The Labute approximate surface area is 165 Å². The molecule has 0 radical (unpaired) electrons. The van der Waals surface area contributed by atoms with Crippen molar-refractivity contribution in [3.63, 3.8) is 0 Å². The average Bonchev–Trinajstić information content (AvgIpc) is 2.66. The van der Waals surface area contributed by atoms with E-state index < -0.39 is 23.0 Å². The first-order valence-corrected chi connectivity index (χ1v) is 10.0. The van der Waals surface area contributed by atoms with Crippen molar-refractivity contribution < 1.29 is 9.18 Å². The molecule has 4 bridgehead atoms. The van der Waals surface area contributed by atoms with E-state index in [0.717, 1.165) is 54.1 Å². The van der Waals surface area contributed by atoms with Crippen LogP contribution in [-0.4, -0.2) is 32.2 Å². The quantitative estimate of drug-likeness (QED) is 0.808. The molecule has 0 saturated heterocycles. The lowest BCUT2D eigenvalue weighted by molar-refractivity contribution is -0.0503. The summed E-state index contributed by atoms with van der Waals surface area (Å²) < 4.78 is 15.1. The minimum absolute atomic E-state index is 0.0346. The lowest BCUT2D eigenvalue weighted by atomic mass is 9.49. The maximum Gasteiger partial charge on any atom is 0.351 e. The summed E-state index contributed by atoms with van der Waals surface area (Å²) in [6.07, 6.45) is 9.16. The highest BCUT2D eigenvalue weighted by molar-refractivity contribution is 5.94. The molecule has 2 aromatic rings. The molecule has 4 fully saturated rings. The van der Waals surface area contributed by atoms with Crippen LogP contribution >= 0.6 is 0 Å². The number of carbonyl (C=O) groups is 1. The Kier molecular flexibility index (Phi) is 4.15. The largest absolute Gasteiger partial charge is 0.351 e. The molecule has 4 aliphatic rings. The number of H-pyrrole nitrogens is 1. The first-order valence-electron chi connectivity index (χ1n) is 10.0. The maximum absolute atomic E-state index is 14.3. The molecular weight excluding hydrogens is 377 g/mol. The number of amides is 1. The van der Waals surface area contributed by atoms with Crippen LogP contribution in [0, 0.1) is 29.0 Å². The molecule has 0 aliphatic heterocycles. The zero-order valence-corrected chi connectivity index (χ0v) is 15.9. The predicted molar refractivity (Wildman–Crippen MR) is 101 cm³/mol. The fraction of sp³-hybridized carbons (Fsp3) is 0.550. The van der Waals surface area contributed by atoms with Crippen LogP contribution in [0.2, 0.25) is 0 Å². The zero-order valence-electron chi connectivity index (χ0n) is 15.9. The minimum Gasteiger partial charge on any atom is -0.351 e. The second kappa shape index (κ2) is 6.60. The van der Waals surface area contributed by atoms with Crippen molar-refractivity contribution in [3.8, 4) is 5.82 Å². The summed E-state index contributed by atoms with van der Waals surface area (Å²) in [6, 6.07) is 1.18. The van der Waals surface area contributed by atoms with Gasteiger partial charge in [-0.25, -0.2) is 14.2 Å². The fourth-order valence-electron chi connectivity index (χ4n) is 6.10. The predicted octanol–water partition coefficient (Wildman–Crippen LogP) is 1.40. The molecule has 2 aromatic heterocycles. The summed E-state index contributed by atoms with van der Waals surface area (Å²) in [7, 11) is 0. The normalized spacial score (nSPS) is 29.8. The number of nitrogens with one attached hydrogen (secondary N) is 2. The summed E-state index contributed by atoms with van der Waals surface area (Å²) >= 11 is 0. The van der Waals surface area contributed by atoms with Gasteiger partial charge in [0.05, 0.1) is 11.8 Å². The lowest BCUT2D eigenvalue weighted by Crippen LogP contribution is -2.51. The first-order chi connectivity index (χ1) is 13.9. The van der Waals surface area contributed by atoms with E-state index >= 15 is 0 Å². The molecule has 6 rings (SSSR count). The monoisotopic (exact) mass is 399 g/mol. The fourth-order valence-corrected chi connectivity index (χ4v) is 6.10. The van der Waals surface area contributed by atoms with Crippen LogP contribution in [-0.2, 0) is 0 Å². The number of pyridine rings is 1. The molecule has 1 amide bonds. The average molecular weight is 399 g/mol. The Hall–Kier alpha value is -2.84. The Morgan fingerprint density at radius 1 is 1.17 bits per heavy atom. The van der Waals surface area contributed by atoms with Gasteiger partial charge in [0.15, 0.2) is 11.6 Å². The van der Waals surface area contributed by atoms with Gasteiger partial charge in [0.1, 0.15) is 6.20 Å². The van der Waals surface area contributed by atoms with E-state index in [-0.39, 0.29) is 16.8 Å². The summed E-state index contributed by atoms with van der Waals surface area (Å²) in [5, 5.41) is 6.62. The highest BCUT2D eigenvalue weighted by Gasteiger charge is 2.50. The van der Waals surface area contributed by atoms with Crippen molar-refractivity contribution in [3.05, 3.63) is 50.7 Å². The minimum atomic E-state index is -0.809. The summed E-state index contributed by atoms with van der Waals surface area (Å²) in [6.45, 7) is 0.545. The van der Waals surface area contributed by atoms with Gasteiger partial charge in [-0.15, -0.1) is 0 Å². The van der Waals surface area contributed by atoms with E-state index in [1.807, 2.05) is 0 Å². The molecule has 0 unspecified atom stereocenters. The Bertz CT molecular complexity index is 1060. The molecule has 152 valence electrons. The van der Waals surface area contributed by atoms with Crippen LogP contribution in [0.3, 0.4) is 0 Å².